The Morgan fingerprint density at radius 1 is 1.45 bits per heavy atom. The van der Waals surface area contributed by atoms with Crippen LogP contribution < -0.4 is 15.8 Å². The summed E-state index contributed by atoms with van der Waals surface area (Å²) >= 11 is 0. The van der Waals surface area contributed by atoms with Crippen LogP contribution in [0.4, 0.5) is 11.5 Å². The highest BCUT2D eigenvalue weighted by molar-refractivity contribution is 7.91. The molecule has 1 aliphatic rings. The van der Waals surface area contributed by atoms with Gasteiger partial charge in [0, 0.05) is 18.3 Å². The van der Waals surface area contributed by atoms with Crippen LogP contribution >= 0.6 is 0 Å². The number of nitrogens with one attached hydrogen (secondary N) is 2. The van der Waals surface area contributed by atoms with Gasteiger partial charge in [0.05, 0.1) is 5.69 Å². The Hall–Kier alpha value is -1.85. The van der Waals surface area contributed by atoms with Crippen molar-refractivity contribution in [3.63, 3.8) is 0 Å². The van der Waals surface area contributed by atoms with E-state index in [1.807, 2.05) is 26.8 Å². The molecule has 0 atom stereocenters. The minimum absolute atomic E-state index is 0.132. The number of nitriles is 1. The van der Waals surface area contributed by atoms with E-state index in [2.05, 4.69) is 15.0 Å². The van der Waals surface area contributed by atoms with Crippen LogP contribution in [-0.4, -0.2) is 30.2 Å². The fourth-order valence-electron chi connectivity index (χ4n) is 2.19. The Bertz CT molecular complexity index is 712. The molecule has 1 aliphatic carbocycles. The number of nitrogens with two attached hydrogens (primary N) is 1. The van der Waals surface area contributed by atoms with Crippen molar-refractivity contribution < 1.29 is 8.42 Å². The number of rotatable bonds is 5. The molecule has 4 N–H and O–H groups in total. The van der Waals surface area contributed by atoms with Crippen molar-refractivity contribution in [2.75, 3.05) is 17.6 Å². The van der Waals surface area contributed by atoms with Crippen LogP contribution in [0.5, 0.6) is 0 Å². The minimum atomic E-state index is -3.45. The highest BCUT2D eigenvalue weighted by Gasteiger charge is 2.55. The van der Waals surface area contributed by atoms with Crippen molar-refractivity contribution in [3.8, 4) is 6.07 Å². The van der Waals surface area contributed by atoms with E-state index in [1.165, 1.54) is 6.20 Å². The predicted molar refractivity (Wildman–Crippen MR) is 85.6 cm³/mol. The molecular formula is C14H21N5O2S. The predicted octanol–water partition coefficient (Wildman–Crippen LogP) is 1.20. The van der Waals surface area contributed by atoms with Gasteiger partial charge < -0.3 is 11.1 Å². The smallest absolute Gasteiger partial charge is 0.219 e. The number of hydrogen-bond acceptors (Lipinski definition) is 6. The largest absolute Gasteiger partial charge is 0.383 e. The first-order valence-corrected chi connectivity index (χ1v) is 8.51. The molecule has 0 amide bonds. The lowest BCUT2D eigenvalue weighted by Crippen LogP contribution is -2.48. The second-order valence-electron chi connectivity index (χ2n) is 6.62. The topological polar surface area (TPSA) is 121 Å². The third-order valence-electron chi connectivity index (χ3n) is 3.51. The molecule has 1 saturated carbocycles. The van der Waals surface area contributed by atoms with E-state index < -0.39 is 20.3 Å². The van der Waals surface area contributed by atoms with Gasteiger partial charge in [-0.3, -0.25) is 0 Å². The van der Waals surface area contributed by atoms with Crippen LogP contribution in [0.15, 0.2) is 12.3 Å². The molecule has 1 aromatic rings. The quantitative estimate of drug-likeness (QED) is 0.748. The second-order valence-corrected chi connectivity index (χ2v) is 8.70. The Balaban J connectivity index is 2.16. The average Bonchev–Trinajstić information content (AvgIpc) is 3.15. The van der Waals surface area contributed by atoms with Crippen molar-refractivity contribution in [2.45, 2.75) is 43.9 Å². The van der Waals surface area contributed by atoms with E-state index in [1.54, 1.807) is 6.07 Å². The molecule has 1 heterocycles. The maximum absolute atomic E-state index is 12.5. The van der Waals surface area contributed by atoms with Gasteiger partial charge in [-0.25, -0.2) is 18.1 Å². The van der Waals surface area contributed by atoms with Gasteiger partial charge in [-0.05, 0) is 39.7 Å². The van der Waals surface area contributed by atoms with E-state index in [-0.39, 0.29) is 17.9 Å². The first kappa shape index (κ1) is 16.5. The van der Waals surface area contributed by atoms with Gasteiger partial charge >= 0.3 is 0 Å². The third kappa shape index (κ3) is 3.31. The van der Waals surface area contributed by atoms with Crippen molar-refractivity contribution in [3.05, 3.63) is 17.8 Å². The second kappa shape index (κ2) is 5.41. The average molecular weight is 323 g/mol. The van der Waals surface area contributed by atoms with E-state index in [0.717, 1.165) is 0 Å². The fraction of sp³-hybridized carbons (Fsp3) is 0.571. The summed E-state index contributed by atoms with van der Waals surface area (Å²) in [5, 5.41) is 12.2. The highest BCUT2D eigenvalue weighted by atomic mass is 32.2. The third-order valence-corrected chi connectivity index (χ3v) is 6.09. The zero-order valence-corrected chi connectivity index (χ0v) is 13.8. The van der Waals surface area contributed by atoms with Crippen LogP contribution in [0.1, 0.15) is 39.2 Å². The number of aromatic nitrogens is 1. The van der Waals surface area contributed by atoms with Gasteiger partial charge in [-0.2, -0.15) is 5.26 Å². The van der Waals surface area contributed by atoms with Crippen LogP contribution in [-0.2, 0) is 10.0 Å². The van der Waals surface area contributed by atoms with Crippen molar-refractivity contribution in [1.29, 1.82) is 5.26 Å². The Kier molecular flexibility index (Phi) is 4.06. The van der Waals surface area contributed by atoms with Gasteiger partial charge in [-0.1, -0.05) is 0 Å². The van der Waals surface area contributed by atoms with Crippen LogP contribution in [0, 0.1) is 11.3 Å². The number of anilines is 2. The first-order chi connectivity index (χ1) is 10.1. The number of sulfonamides is 1. The zero-order chi connectivity index (χ0) is 16.6. The number of nitrogen functional groups attached to an aromatic ring is 1. The molecule has 22 heavy (non-hydrogen) atoms. The Labute approximate surface area is 131 Å². The molecule has 0 saturated heterocycles. The molecule has 0 radical (unpaired) electrons. The van der Waals surface area contributed by atoms with Gasteiger partial charge in [-0.15, -0.1) is 0 Å². The normalized spacial score (nSPS) is 16.8. The lowest BCUT2D eigenvalue weighted by atomic mass is 10.1. The van der Waals surface area contributed by atoms with Gasteiger partial charge in [0.1, 0.15) is 22.2 Å². The molecule has 7 nitrogen and oxygen atoms in total. The molecule has 0 unspecified atom stereocenters. The molecule has 1 fully saturated rings. The number of hydrogen-bond donors (Lipinski definition) is 3. The summed E-state index contributed by atoms with van der Waals surface area (Å²) in [5.74, 6) is 0.132. The fourth-order valence-corrected chi connectivity index (χ4v) is 4.11. The van der Waals surface area contributed by atoms with Crippen LogP contribution in [0.2, 0.25) is 0 Å². The summed E-state index contributed by atoms with van der Waals surface area (Å²) in [4.78, 5) is 3.85. The lowest BCUT2D eigenvalue weighted by Gasteiger charge is -2.26. The maximum atomic E-state index is 12.5. The number of nitrogens with zero attached hydrogens (tertiary/aromatic N) is 2. The van der Waals surface area contributed by atoms with Crippen LogP contribution in [0.25, 0.3) is 0 Å². The van der Waals surface area contributed by atoms with E-state index >= 15 is 0 Å². The zero-order valence-electron chi connectivity index (χ0n) is 13.0. The summed E-state index contributed by atoms with van der Waals surface area (Å²) in [6.45, 7) is 5.67. The SMILES string of the molecule is CC(C)(C)NS(=O)(=O)C1(CNc2ccnc(N)c2C#N)CC1. The standard InChI is InChI=1S/C14H21N5O2S/c1-13(2,3)19-22(20,21)14(5-6-14)9-18-11-4-7-17-12(16)10(11)8-15/h4,7,19H,5-6,9H2,1-3H3,(H3,16,17,18). The molecule has 0 aliphatic heterocycles. The molecule has 0 bridgehead atoms. The molecule has 0 aromatic carbocycles. The van der Waals surface area contributed by atoms with Crippen molar-refractivity contribution in [1.82, 2.24) is 9.71 Å². The van der Waals surface area contributed by atoms with Gasteiger partial charge in [0.2, 0.25) is 10.0 Å². The monoisotopic (exact) mass is 323 g/mol. The summed E-state index contributed by atoms with van der Waals surface area (Å²) in [6, 6.07) is 3.60. The molecule has 8 heteroatoms. The highest BCUT2D eigenvalue weighted by Crippen LogP contribution is 2.43. The van der Waals surface area contributed by atoms with E-state index in [9.17, 15) is 8.42 Å². The molecule has 120 valence electrons. The molecule has 1 aromatic heterocycles. The molecular weight excluding hydrogens is 302 g/mol. The lowest BCUT2D eigenvalue weighted by molar-refractivity contribution is 0.482. The minimum Gasteiger partial charge on any atom is -0.383 e. The van der Waals surface area contributed by atoms with Crippen LogP contribution in [0.3, 0.4) is 0 Å². The van der Waals surface area contributed by atoms with Gasteiger partial charge in [0.15, 0.2) is 0 Å². The summed E-state index contributed by atoms with van der Waals surface area (Å²) < 4.78 is 26.9. The molecule has 0 spiro atoms. The summed E-state index contributed by atoms with van der Waals surface area (Å²) in [7, 11) is -3.45. The Morgan fingerprint density at radius 3 is 2.59 bits per heavy atom. The maximum Gasteiger partial charge on any atom is 0.219 e. The van der Waals surface area contributed by atoms with E-state index in [4.69, 9.17) is 11.0 Å². The summed E-state index contributed by atoms with van der Waals surface area (Å²) in [6.07, 6.45) is 2.67. The van der Waals surface area contributed by atoms with Crippen molar-refractivity contribution in [2.24, 2.45) is 0 Å². The summed E-state index contributed by atoms with van der Waals surface area (Å²) in [5.41, 5.74) is 5.87. The van der Waals surface area contributed by atoms with Crippen molar-refractivity contribution >= 4 is 21.5 Å². The van der Waals surface area contributed by atoms with Gasteiger partial charge in [0.25, 0.3) is 0 Å². The molecule has 2 rings (SSSR count). The first-order valence-electron chi connectivity index (χ1n) is 7.02. The Morgan fingerprint density at radius 2 is 2.09 bits per heavy atom. The number of pyridine rings is 1. The van der Waals surface area contributed by atoms with E-state index in [0.29, 0.717) is 18.5 Å².